The molecule has 0 aliphatic rings. The number of ketones is 1. The van der Waals surface area contributed by atoms with Crippen molar-refractivity contribution in [2.75, 3.05) is 7.11 Å². The molecule has 0 fully saturated rings. The van der Waals surface area contributed by atoms with Crippen LogP contribution in [0.1, 0.15) is 41.5 Å². The molecule has 0 atom stereocenters. The monoisotopic (exact) mass is 336 g/mol. The van der Waals surface area contributed by atoms with Crippen LogP contribution in [0.4, 0.5) is 0 Å². The molecule has 0 radical (unpaired) electrons. The zero-order valence-electron chi connectivity index (χ0n) is 12.0. The third-order valence-corrected chi connectivity index (χ3v) is 3.61. The van der Waals surface area contributed by atoms with E-state index in [-0.39, 0.29) is 11.8 Å². The molecule has 4 nitrogen and oxygen atoms in total. The number of methoxy groups -OCH3 is 1. The van der Waals surface area contributed by atoms with Gasteiger partial charge in [0, 0.05) is 16.1 Å². The Morgan fingerprint density at radius 2 is 2.10 bits per heavy atom. The third kappa shape index (κ3) is 2.63. The molecular weight excluding hydrogens is 320 g/mol. The lowest BCUT2D eigenvalue weighted by Gasteiger charge is -2.12. The van der Waals surface area contributed by atoms with Crippen LogP contribution in [0, 0.1) is 6.92 Å². The van der Waals surface area contributed by atoms with Gasteiger partial charge in [0.25, 0.3) is 0 Å². The highest BCUT2D eigenvalue weighted by molar-refractivity contribution is 9.10. The fourth-order valence-electron chi connectivity index (χ4n) is 2.11. The van der Waals surface area contributed by atoms with E-state index in [1.807, 2.05) is 39.0 Å². The van der Waals surface area contributed by atoms with Crippen LogP contribution in [0.5, 0.6) is 5.75 Å². The number of carbonyl (C=O) groups is 1. The van der Waals surface area contributed by atoms with Crippen molar-refractivity contribution in [1.82, 2.24) is 9.78 Å². The first-order chi connectivity index (χ1) is 9.45. The van der Waals surface area contributed by atoms with E-state index in [0.717, 1.165) is 10.0 Å². The van der Waals surface area contributed by atoms with Gasteiger partial charge < -0.3 is 4.74 Å². The minimum Gasteiger partial charge on any atom is -0.493 e. The van der Waals surface area contributed by atoms with Gasteiger partial charge >= 0.3 is 0 Å². The predicted molar refractivity (Wildman–Crippen MR) is 81.5 cm³/mol. The molecular formula is C15H17BrN2O2. The summed E-state index contributed by atoms with van der Waals surface area (Å²) >= 11 is 3.41. The molecule has 0 unspecified atom stereocenters. The van der Waals surface area contributed by atoms with Gasteiger partial charge in [-0.2, -0.15) is 5.10 Å². The highest BCUT2D eigenvalue weighted by atomic mass is 79.9. The van der Waals surface area contributed by atoms with E-state index in [1.54, 1.807) is 18.0 Å². The Morgan fingerprint density at radius 1 is 1.40 bits per heavy atom. The van der Waals surface area contributed by atoms with Crippen molar-refractivity contribution in [2.24, 2.45) is 0 Å². The predicted octanol–water partition coefficient (Wildman–Crippen LogP) is 3.77. The number of carbonyl (C=O) groups excluding carboxylic acids is 1. The number of aromatic nitrogens is 2. The molecule has 106 valence electrons. The maximum absolute atomic E-state index is 12.8. The van der Waals surface area contributed by atoms with Crippen molar-refractivity contribution in [3.8, 4) is 5.75 Å². The fourth-order valence-corrected chi connectivity index (χ4v) is 2.59. The van der Waals surface area contributed by atoms with Gasteiger partial charge in [-0.15, -0.1) is 0 Å². The van der Waals surface area contributed by atoms with Crippen LogP contribution < -0.4 is 4.74 Å². The Morgan fingerprint density at radius 3 is 2.65 bits per heavy atom. The van der Waals surface area contributed by atoms with Crippen LogP contribution in [0.25, 0.3) is 0 Å². The van der Waals surface area contributed by atoms with Crippen LogP contribution in [-0.2, 0) is 0 Å². The smallest absolute Gasteiger partial charge is 0.215 e. The average Bonchev–Trinajstić information content (AvgIpc) is 2.81. The SMILES string of the molecule is COc1cnn(C(C)C)c1C(=O)c1ccc(Br)cc1C. The second kappa shape index (κ2) is 5.79. The van der Waals surface area contributed by atoms with Crippen molar-refractivity contribution in [2.45, 2.75) is 26.8 Å². The number of nitrogens with zero attached hydrogens (tertiary/aromatic N) is 2. The van der Waals surface area contributed by atoms with E-state index in [1.165, 1.54) is 0 Å². The number of rotatable bonds is 4. The number of hydrogen-bond acceptors (Lipinski definition) is 3. The minimum atomic E-state index is -0.0712. The highest BCUT2D eigenvalue weighted by Crippen LogP contribution is 2.26. The van der Waals surface area contributed by atoms with E-state index in [0.29, 0.717) is 17.0 Å². The molecule has 0 saturated heterocycles. The summed E-state index contributed by atoms with van der Waals surface area (Å²) in [6.45, 7) is 5.88. The van der Waals surface area contributed by atoms with Gasteiger partial charge in [-0.1, -0.05) is 15.9 Å². The van der Waals surface area contributed by atoms with Crippen LogP contribution in [0.15, 0.2) is 28.9 Å². The van der Waals surface area contributed by atoms with Gasteiger partial charge in [-0.05, 0) is 44.5 Å². The van der Waals surface area contributed by atoms with E-state index >= 15 is 0 Å². The molecule has 1 aromatic carbocycles. The Balaban J connectivity index is 2.55. The average molecular weight is 337 g/mol. The Kier molecular flexibility index (Phi) is 4.28. The topological polar surface area (TPSA) is 44.1 Å². The molecule has 1 heterocycles. The van der Waals surface area contributed by atoms with Crippen LogP contribution >= 0.6 is 15.9 Å². The lowest BCUT2D eigenvalue weighted by atomic mass is 10.0. The van der Waals surface area contributed by atoms with E-state index in [2.05, 4.69) is 21.0 Å². The van der Waals surface area contributed by atoms with Gasteiger partial charge in [0.05, 0.1) is 13.3 Å². The molecule has 5 heteroatoms. The highest BCUT2D eigenvalue weighted by Gasteiger charge is 2.23. The summed E-state index contributed by atoms with van der Waals surface area (Å²) in [5.74, 6) is 0.434. The summed E-state index contributed by atoms with van der Waals surface area (Å²) in [5.41, 5.74) is 2.07. The molecule has 20 heavy (non-hydrogen) atoms. The minimum absolute atomic E-state index is 0.0712. The lowest BCUT2D eigenvalue weighted by molar-refractivity contribution is 0.102. The van der Waals surface area contributed by atoms with Crippen molar-refractivity contribution in [3.05, 3.63) is 45.7 Å². The molecule has 0 bridgehead atoms. The van der Waals surface area contributed by atoms with Crippen LogP contribution in [0.2, 0.25) is 0 Å². The molecule has 0 N–H and O–H groups in total. The fraction of sp³-hybridized carbons (Fsp3) is 0.333. The number of hydrogen-bond donors (Lipinski definition) is 0. The summed E-state index contributed by atoms with van der Waals surface area (Å²) in [5, 5.41) is 4.24. The van der Waals surface area contributed by atoms with Gasteiger partial charge in [0.1, 0.15) is 0 Å². The van der Waals surface area contributed by atoms with Crippen LogP contribution in [-0.4, -0.2) is 22.7 Å². The van der Waals surface area contributed by atoms with Crippen molar-refractivity contribution < 1.29 is 9.53 Å². The maximum Gasteiger partial charge on any atom is 0.215 e. The standard InChI is InChI=1S/C15H17BrN2O2/c1-9(2)18-14(13(20-4)8-17-18)15(19)12-6-5-11(16)7-10(12)3/h5-9H,1-4H3. The van der Waals surface area contributed by atoms with Crippen molar-refractivity contribution in [1.29, 1.82) is 0 Å². The zero-order valence-corrected chi connectivity index (χ0v) is 13.6. The first kappa shape index (κ1) is 14.8. The lowest BCUT2D eigenvalue weighted by Crippen LogP contribution is -2.15. The summed E-state index contributed by atoms with van der Waals surface area (Å²) in [7, 11) is 1.55. The van der Waals surface area contributed by atoms with Gasteiger partial charge in [-0.25, -0.2) is 0 Å². The molecule has 2 rings (SSSR count). The summed E-state index contributed by atoms with van der Waals surface area (Å²) in [6, 6.07) is 5.70. The molecule has 0 aliphatic heterocycles. The molecule has 0 spiro atoms. The number of benzene rings is 1. The Bertz CT molecular complexity index is 647. The van der Waals surface area contributed by atoms with Crippen LogP contribution in [0.3, 0.4) is 0 Å². The Hall–Kier alpha value is -1.62. The summed E-state index contributed by atoms with van der Waals surface area (Å²) in [4.78, 5) is 12.8. The summed E-state index contributed by atoms with van der Waals surface area (Å²) < 4.78 is 7.92. The zero-order chi connectivity index (χ0) is 14.9. The number of aryl methyl sites for hydroxylation is 1. The quantitative estimate of drug-likeness (QED) is 0.798. The van der Waals surface area contributed by atoms with Gasteiger partial charge in [-0.3, -0.25) is 9.48 Å². The molecule has 0 amide bonds. The molecule has 0 aliphatic carbocycles. The van der Waals surface area contributed by atoms with E-state index in [9.17, 15) is 4.79 Å². The normalized spacial score (nSPS) is 10.9. The van der Waals surface area contributed by atoms with Crippen molar-refractivity contribution in [3.63, 3.8) is 0 Å². The number of ether oxygens (including phenoxy) is 1. The van der Waals surface area contributed by atoms with Gasteiger partial charge in [0.2, 0.25) is 5.78 Å². The second-order valence-electron chi connectivity index (χ2n) is 4.89. The third-order valence-electron chi connectivity index (χ3n) is 3.12. The van der Waals surface area contributed by atoms with Crippen molar-refractivity contribution >= 4 is 21.7 Å². The van der Waals surface area contributed by atoms with Gasteiger partial charge in [0.15, 0.2) is 11.4 Å². The summed E-state index contributed by atoms with van der Waals surface area (Å²) in [6.07, 6.45) is 1.58. The second-order valence-corrected chi connectivity index (χ2v) is 5.80. The molecule has 1 aromatic heterocycles. The Labute approximate surface area is 126 Å². The molecule has 2 aromatic rings. The van der Waals surface area contributed by atoms with E-state index in [4.69, 9.17) is 4.74 Å². The maximum atomic E-state index is 12.8. The largest absolute Gasteiger partial charge is 0.493 e. The molecule has 0 saturated carbocycles. The first-order valence-corrected chi connectivity index (χ1v) is 7.17. The number of halogens is 1. The van der Waals surface area contributed by atoms with E-state index < -0.39 is 0 Å². The first-order valence-electron chi connectivity index (χ1n) is 6.38.